The van der Waals surface area contributed by atoms with Crippen molar-refractivity contribution < 1.29 is 0 Å². The SMILES string of the molecule is CSC1CCCC1Nc1cc(=O)[nH]cn1. The molecular formula is C10H15N3OS. The molecule has 2 rings (SSSR count). The summed E-state index contributed by atoms with van der Waals surface area (Å²) in [6.45, 7) is 0. The first-order valence-corrected chi connectivity index (χ1v) is 6.42. The highest BCUT2D eigenvalue weighted by atomic mass is 32.2. The molecule has 15 heavy (non-hydrogen) atoms. The van der Waals surface area contributed by atoms with E-state index in [1.54, 1.807) is 0 Å². The molecule has 1 fully saturated rings. The molecular weight excluding hydrogens is 210 g/mol. The molecule has 1 aliphatic rings. The highest BCUT2D eigenvalue weighted by Gasteiger charge is 2.26. The van der Waals surface area contributed by atoms with E-state index in [1.807, 2.05) is 11.8 Å². The Labute approximate surface area is 92.9 Å². The molecule has 0 bridgehead atoms. The zero-order chi connectivity index (χ0) is 10.7. The monoisotopic (exact) mass is 225 g/mol. The fraction of sp³-hybridized carbons (Fsp3) is 0.600. The molecule has 0 radical (unpaired) electrons. The van der Waals surface area contributed by atoms with E-state index in [1.165, 1.54) is 31.7 Å². The van der Waals surface area contributed by atoms with Crippen molar-refractivity contribution in [2.45, 2.75) is 30.6 Å². The van der Waals surface area contributed by atoms with Crippen LogP contribution in [0.4, 0.5) is 5.82 Å². The van der Waals surface area contributed by atoms with Crippen LogP contribution in [-0.4, -0.2) is 27.5 Å². The molecule has 2 N–H and O–H groups in total. The minimum atomic E-state index is -0.105. The molecule has 2 atom stereocenters. The summed E-state index contributed by atoms with van der Waals surface area (Å²) in [7, 11) is 0. The summed E-state index contributed by atoms with van der Waals surface area (Å²) in [5.41, 5.74) is -0.105. The van der Waals surface area contributed by atoms with Crippen LogP contribution < -0.4 is 10.9 Å². The molecule has 5 heteroatoms. The summed E-state index contributed by atoms with van der Waals surface area (Å²) < 4.78 is 0. The predicted molar refractivity (Wildman–Crippen MR) is 63.4 cm³/mol. The third-order valence-corrected chi connectivity index (χ3v) is 3.94. The van der Waals surface area contributed by atoms with Crippen molar-refractivity contribution in [2.24, 2.45) is 0 Å². The van der Waals surface area contributed by atoms with Crippen LogP contribution in [0.15, 0.2) is 17.2 Å². The zero-order valence-electron chi connectivity index (χ0n) is 8.69. The van der Waals surface area contributed by atoms with Gasteiger partial charge in [-0.2, -0.15) is 11.8 Å². The van der Waals surface area contributed by atoms with Crippen molar-refractivity contribution in [3.8, 4) is 0 Å². The van der Waals surface area contributed by atoms with Gasteiger partial charge in [0, 0.05) is 17.4 Å². The molecule has 0 spiro atoms. The van der Waals surface area contributed by atoms with E-state index in [-0.39, 0.29) is 5.56 Å². The van der Waals surface area contributed by atoms with Crippen molar-refractivity contribution in [2.75, 3.05) is 11.6 Å². The van der Waals surface area contributed by atoms with Gasteiger partial charge in [-0.15, -0.1) is 0 Å². The maximum Gasteiger partial charge on any atom is 0.252 e. The lowest BCUT2D eigenvalue weighted by molar-refractivity contribution is 0.762. The van der Waals surface area contributed by atoms with E-state index in [2.05, 4.69) is 21.5 Å². The maximum atomic E-state index is 11.1. The number of nitrogens with one attached hydrogen (secondary N) is 2. The number of anilines is 1. The van der Waals surface area contributed by atoms with Crippen molar-refractivity contribution in [1.29, 1.82) is 0 Å². The van der Waals surface area contributed by atoms with Crippen LogP contribution in [-0.2, 0) is 0 Å². The lowest BCUT2D eigenvalue weighted by Crippen LogP contribution is -2.27. The summed E-state index contributed by atoms with van der Waals surface area (Å²) in [6, 6.07) is 1.96. The summed E-state index contributed by atoms with van der Waals surface area (Å²) in [5.74, 6) is 0.685. The summed E-state index contributed by atoms with van der Waals surface area (Å²) >= 11 is 1.89. The number of hydrogen-bond donors (Lipinski definition) is 2. The Morgan fingerprint density at radius 2 is 2.47 bits per heavy atom. The van der Waals surface area contributed by atoms with Gasteiger partial charge in [0.1, 0.15) is 5.82 Å². The third kappa shape index (κ3) is 2.53. The van der Waals surface area contributed by atoms with Crippen LogP contribution >= 0.6 is 11.8 Å². The number of rotatable bonds is 3. The Hall–Kier alpha value is -0.970. The highest BCUT2D eigenvalue weighted by molar-refractivity contribution is 7.99. The number of hydrogen-bond acceptors (Lipinski definition) is 4. The van der Waals surface area contributed by atoms with Crippen LogP contribution in [0.25, 0.3) is 0 Å². The normalized spacial score (nSPS) is 25.4. The standard InChI is InChI=1S/C10H15N3OS/c1-15-8-4-2-3-7(8)13-9-5-10(14)12-6-11-9/h5-8H,2-4H2,1H3,(H2,11,12,13,14). The van der Waals surface area contributed by atoms with Crippen LogP contribution in [0.2, 0.25) is 0 Å². The molecule has 1 saturated carbocycles. The smallest absolute Gasteiger partial charge is 0.252 e. The minimum absolute atomic E-state index is 0.105. The first-order valence-electron chi connectivity index (χ1n) is 5.13. The van der Waals surface area contributed by atoms with E-state index < -0.39 is 0 Å². The Morgan fingerprint density at radius 1 is 1.60 bits per heavy atom. The number of thioether (sulfide) groups is 1. The summed E-state index contributed by atoms with van der Waals surface area (Å²) in [4.78, 5) is 17.7. The predicted octanol–water partition coefficient (Wildman–Crippen LogP) is 1.47. The summed E-state index contributed by atoms with van der Waals surface area (Å²) in [5, 5.41) is 3.98. The molecule has 1 aromatic heterocycles. The number of aromatic amines is 1. The van der Waals surface area contributed by atoms with Crippen molar-refractivity contribution in [3.05, 3.63) is 22.7 Å². The molecule has 0 aromatic carbocycles. The lowest BCUT2D eigenvalue weighted by atomic mass is 10.2. The van der Waals surface area contributed by atoms with E-state index in [9.17, 15) is 4.79 Å². The fourth-order valence-electron chi connectivity index (χ4n) is 2.01. The molecule has 0 aliphatic heterocycles. The first-order chi connectivity index (χ1) is 7.29. The van der Waals surface area contributed by atoms with E-state index in [0.717, 1.165) is 0 Å². The molecule has 1 heterocycles. The number of H-pyrrole nitrogens is 1. The van der Waals surface area contributed by atoms with Gasteiger partial charge in [-0.3, -0.25) is 4.79 Å². The Balaban J connectivity index is 2.05. The average Bonchev–Trinajstić information content (AvgIpc) is 2.65. The second kappa shape index (κ2) is 4.70. The van der Waals surface area contributed by atoms with Gasteiger partial charge in [-0.1, -0.05) is 6.42 Å². The number of nitrogens with zero attached hydrogens (tertiary/aromatic N) is 1. The average molecular weight is 225 g/mol. The van der Waals surface area contributed by atoms with E-state index >= 15 is 0 Å². The fourth-order valence-corrected chi connectivity index (χ4v) is 2.95. The Bertz CT molecular complexity index is 379. The second-order valence-electron chi connectivity index (χ2n) is 3.75. The highest BCUT2D eigenvalue weighted by Crippen LogP contribution is 2.30. The lowest BCUT2D eigenvalue weighted by Gasteiger charge is -2.19. The van der Waals surface area contributed by atoms with Crippen LogP contribution in [0, 0.1) is 0 Å². The molecule has 0 amide bonds. The van der Waals surface area contributed by atoms with Crippen LogP contribution in [0.1, 0.15) is 19.3 Å². The van der Waals surface area contributed by atoms with Crippen molar-refractivity contribution >= 4 is 17.6 Å². The third-order valence-electron chi connectivity index (χ3n) is 2.77. The quantitative estimate of drug-likeness (QED) is 0.818. The van der Waals surface area contributed by atoms with E-state index in [4.69, 9.17) is 0 Å². The van der Waals surface area contributed by atoms with Gasteiger partial charge in [0.2, 0.25) is 0 Å². The molecule has 4 nitrogen and oxygen atoms in total. The second-order valence-corrected chi connectivity index (χ2v) is 4.83. The largest absolute Gasteiger partial charge is 0.366 e. The van der Waals surface area contributed by atoms with Gasteiger partial charge in [-0.05, 0) is 19.1 Å². The van der Waals surface area contributed by atoms with Crippen LogP contribution in [0.5, 0.6) is 0 Å². The van der Waals surface area contributed by atoms with Gasteiger partial charge in [0.15, 0.2) is 0 Å². The van der Waals surface area contributed by atoms with Crippen molar-refractivity contribution in [1.82, 2.24) is 9.97 Å². The molecule has 1 aromatic rings. The Kier molecular flexibility index (Phi) is 3.30. The van der Waals surface area contributed by atoms with Gasteiger partial charge in [0.25, 0.3) is 5.56 Å². The zero-order valence-corrected chi connectivity index (χ0v) is 9.51. The molecule has 2 unspecified atom stereocenters. The Morgan fingerprint density at radius 3 is 3.20 bits per heavy atom. The van der Waals surface area contributed by atoms with Gasteiger partial charge in [-0.25, -0.2) is 4.98 Å². The topological polar surface area (TPSA) is 57.8 Å². The number of aromatic nitrogens is 2. The first kappa shape index (κ1) is 10.5. The van der Waals surface area contributed by atoms with Crippen molar-refractivity contribution in [3.63, 3.8) is 0 Å². The summed E-state index contributed by atoms with van der Waals surface area (Å²) in [6.07, 6.45) is 7.25. The van der Waals surface area contributed by atoms with E-state index in [0.29, 0.717) is 17.1 Å². The molecule has 82 valence electrons. The van der Waals surface area contributed by atoms with Gasteiger partial charge >= 0.3 is 0 Å². The molecule has 0 saturated heterocycles. The van der Waals surface area contributed by atoms with Gasteiger partial charge in [0.05, 0.1) is 6.33 Å². The molecule has 1 aliphatic carbocycles. The van der Waals surface area contributed by atoms with Crippen LogP contribution in [0.3, 0.4) is 0 Å². The minimum Gasteiger partial charge on any atom is -0.366 e. The van der Waals surface area contributed by atoms with Gasteiger partial charge < -0.3 is 10.3 Å². The maximum absolute atomic E-state index is 11.1.